The first kappa shape index (κ1) is 30.2. The zero-order valence-corrected chi connectivity index (χ0v) is 22.1. The Labute approximate surface area is 209 Å². The van der Waals surface area contributed by atoms with Gasteiger partial charge in [-0.05, 0) is 25.0 Å². The van der Waals surface area contributed by atoms with Crippen LogP contribution in [0.25, 0.3) is 0 Å². The van der Waals surface area contributed by atoms with Gasteiger partial charge in [0.05, 0.1) is 24.3 Å². The van der Waals surface area contributed by atoms with E-state index >= 15 is 0 Å². The van der Waals surface area contributed by atoms with Gasteiger partial charge in [-0.2, -0.15) is 0 Å². The summed E-state index contributed by atoms with van der Waals surface area (Å²) in [4.78, 5) is 24.9. The number of ether oxygens (including phenoxy) is 2. The standard InChI is InChI=1S/C30H50O4/c1-3-5-7-9-10-11-12-13-14-15-16-17-18-22-26-34-30(32)28-24-20-19-23-27(28)29(31)33-25-21-8-6-4-2/h19-20,23-24H,3-18,21-22,25-26H2,1-2H3. The van der Waals surface area contributed by atoms with Gasteiger partial charge >= 0.3 is 11.9 Å². The van der Waals surface area contributed by atoms with Gasteiger partial charge in [-0.1, -0.05) is 129 Å². The molecule has 0 saturated carbocycles. The normalized spacial score (nSPS) is 10.9. The van der Waals surface area contributed by atoms with Crippen LogP contribution in [0.5, 0.6) is 0 Å². The maximum atomic E-state index is 12.5. The molecule has 0 unspecified atom stereocenters. The second-order valence-corrected chi connectivity index (χ2v) is 9.47. The number of carbonyl (C=O) groups excluding carboxylic acids is 2. The Balaban J connectivity index is 2.09. The van der Waals surface area contributed by atoms with Crippen LogP contribution in [0.3, 0.4) is 0 Å². The van der Waals surface area contributed by atoms with E-state index in [0.717, 1.165) is 38.5 Å². The Morgan fingerprint density at radius 1 is 0.500 bits per heavy atom. The van der Waals surface area contributed by atoms with Crippen molar-refractivity contribution in [1.29, 1.82) is 0 Å². The van der Waals surface area contributed by atoms with Crippen molar-refractivity contribution in [3.63, 3.8) is 0 Å². The van der Waals surface area contributed by atoms with Gasteiger partial charge in [0, 0.05) is 0 Å². The molecule has 0 heterocycles. The van der Waals surface area contributed by atoms with Gasteiger partial charge in [0.25, 0.3) is 0 Å². The summed E-state index contributed by atoms with van der Waals surface area (Å²) in [6, 6.07) is 6.78. The lowest BCUT2D eigenvalue weighted by Gasteiger charge is -2.10. The summed E-state index contributed by atoms with van der Waals surface area (Å²) in [7, 11) is 0. The lowest BCUT2D eigenvalue weighted by Crippen LogP contribution is -2.15. The molecule has 0 fully saturated rings. The fourth-order valence-corrected chi connectivity index (χ4v) is 4.15. The summed E-state index contributed by atoms with van der Waals surface area (Å²) in [5.41, 5.74) is 0.593. The van der Waals surface area contributed by atoms with Crippen LogP contribution in [0.1, 0.15) is 150 Å². The van der Waals surface area contributed by atoms with Crippen molar-refractivity contribution in [3.05, 3.63) is 35.4 Å². The zero-order valence-electron chi connectivity index (χ0n) is 22.1. The third kappa shape index (κ3) is 15.1. The highest BCUT2D eigenvalue weighted by Crippen LogP contribution is 2.15. The summed E-state index contributed by atoms with van der Waals surface area (Å²) >= 11 is 0. The van der Waals surface area contributed by atoms with Gasteiger partial charge in [0.2, 0.25) is 0 Å². The number of esters is 2. The fraction of sp³-hybridized carbons (Fsp3) is 0.733. The minimum atomic E-state index is -0.444. The summed E-state index contributed by atoms with van der Waals surface area (Å²) < 4.78 is 10.8. The van der Waals surface area contributed by atoms with Crippen LogP contribution in [-0.2, 0) is 9.47 Å². The SMILES string of the molecule is CCCCCCCCCCCCCCCCOC(=O)c1ccccc1C(=O)OCCCCCC. The molecule has 0 saturated heterocycles. The molecule has 1 aromatic rings. The second kappa shape index (κ2) is 21.7. The van der Waals surface area contributed by atoms with E-state index in [1.54, 1.807) is 24.3 Å². The predicted octanol–water partition coefficient (Wildman–Crippen LogP) is 9.06. The van der Waals surface area contributed by atoms with Crippen molar-refractivity contribution >= 4 is 11.9 Å². The molecule has 0 amide bonds. The van der Waals surface area contributed by atoms with Crippen LogP contribution >= 0.6 is 0 Å². The Kier molecular flexibility index (Phi) is 19.2. The third-order valence-corrected chi connectivity index (χ3v) is 6.33. The number of hydrogen-bond acceptors (Lipinski definition) is 4. The summed E-state index contributed by atoms with van der Waals surface area (Å²) in [5.74, 6) is -0.881. The van der Waals surface area contributed by atoms with Crippen LogP contribution in [0.4, 0.5) is 0 Å². The number of benzene rings is 1. The molecular formula is C30H50O4. The van der Waals surface area contributed by atoms with Gasteiger partial charge in [-0.3, -0.25) is 0 Å². The monoisotopic (exact) mass is 474 g/mol. The van der Waals surface area contributed by atoms with E-state index in [9.17, 15) is 9.59 Å². The van der Waals surface area contributed by atoms with E-state index < -0.39 is 11.9 Å². The predicted molar refractivity (Wildman–Crippen MR) is 141 cm³/mol. The van der Waals surface area contributed by atoms with Crippen molar-refractivity contribution in [1.82, 2.24) is 0 Å². The first-order valence-electron chi connectivity index (χ1n) is 14.1. The highest BCUT2D eigenvalue weighted by atomic mass is 16.5. The maximum Gasteiger partial charge on any atom is 0.339 e. The highest BCUT2D eigenvalue weighted by molar-refractivity contribution is 6.03. The minimum absolute atomic E-state index is 0.295. The van der Waals surface area contributed by atoms with Gasteiger partial charge in [-0.25, -0.2) is 9.59 Å². The summed E-state index contributed by atoms with van der Waals surface area (Å²) in [6.07, 6.45) is 22.3. The molecule has 4 nitrogen and oxygen atoms in total. The average Bonchev–Trinajstić information content (AvgIpc) is 2.86. The molecule has 0 aliphatic rings. The molecule has 34 heavy (non-hydrogen) atoms. The van der Waals surface area contributed by atoms with Crippen LogP contribution in [0.15, 0.2) is 24.3 Å². The Morgan fingerprint density at radius 2 is 0.794 bits per heavy atom. The van der Waals surface area contributed by atoms with Gasteiger partial charge in [0.1, 0.15) is 0 Å². The molecule has 0 radical (unpaired) electrons. The molecule has 1 aromatic carbocycles. The average molecular weight is 475 g/mol. The van der Waals surface area contributed by atoms with Crippen LogP contribution in [0, 0.1) is 0 Å². The van der Waals surface area contributed by atoms with E-state index in [-0.39, 0.29) is 0 Å². The Bertz CT molecular complexity index is 640. The van der Waals surface area contributed by atoms with Gasteiger partial charge < -0.3 is 9.47 Å². The van der Waals surface area contributed by atoms with Gasteiger partial charge in [-0.15, -0.1) is 0 Å². The van der Waals surface area contributed by atoms with Crippen LogP contribution in [-0.4, -0.2) is 25.2 Å². The third-order valence-electron chi connectivity index (χ3n) is 6.33. The molecule has 0 bridgehead atoms. The van der Waals surface area contributed by atoms with Crippen molar-refractivity contribution < 1.29 is 19.1 Å². The number of hydrogen-bond donors (Lipinski definition) is 0. The van der Waals surface area contributed by atoms with Crippen molar-refractivity contribution in [3.8, 4) is 0 Å². The highest BCUT2D eigenvalue weighted by Gasteiger charge is 2.18. The molecule has 0 spiro atoms. The number of carbonyl (C=O) groups is 2. The summed E-state index contributed by atoms with van der Waals surface area (Å²) in [5, 5.41) is 0. The molecule has 0 aromatic heterocycles. The number of rotatable bonds is 22. The van der Waals surface area contributed by atoms with E-state index in [4.69, 9.17) is 9.47 Å². The maximum absolute atomic E-state index is 12.5. The Morgan fingerprint density at radius 3 is 1.15 bits per heavy atom. The lowest BCUT2D eigenvalue weighted by molar-refractivity contribution is 0.0450. The summed E-state index contributed by atoms with van der Waals surface area (Å²) in [6.45, 7) is 5.20. The van der Waals surface area contributed by atoms with Crippen LogP contribution < -0.4 is 0 Å². The molecule has 0 atom stereocenters. The van der Waals surface area contributed by atoms with Crippen molar-refractivity contribution in [2.45, 2.75) is 129 Å². The van der Waals surface area contributed by atoms with E-state index in [2.05, 4.69) is 13.8 Å². The van der Waals surface area contributed by atoms with Crippen molar-refractivity contribution in [2.75, 3.05) is 13.2 Å². The lowest BCUT2D eigenvalue weighted by atomic mass is 10.0. The number of unbranched alkanes of at least 4 members (excludes halogenated alkanes) is 16. The molecule has 194 valence electrons. The molecule has 0 aliphatic carbocycles. The molecule has 1 rings (SSSR count). The smallest absolute Gasteiger partial charge is 0.339 e. The van der Waals surface area contributed by atoms with E-state index in [1.165, 1.54) is 77.0 Å². The van der Waals surface area contributed by atoms with E-state index in [1.807, 2.05) is 0 Å². The molecule has 0 N–H and O–H groups in total. The first-order chi connectivity index (χ1) is 16.7. The second-order valence-electron chi connectivity index (χ2n) is 9.47. The minimum Gasteiger partial charge on any atom is -0.462 e. The molecular weight excluding hydrogens is 424 g/mol. The quantitative estimate of drug-likeness (QED) is 0.124. The van der Waals surface area contributed by atoms with Gasteiger partial charge in [0.15, 0.2) is 0 Å². The zero-order chi connectivity index (χ0) is 24.7. The largest absolute Gasteiger partial charge is 0.462 e. The fourth-order valence-electron chi connectivity index (χ4n) is 4.15. The van der Waals surface area contributed by atoms with Crippen molar-refractivity contribution in [2.24, 2.45) is 0 Å². The topological polar surface area (TPSA) is 52.6 Å². The first-order valence-corrected chi connectivity index (χ1v) is 14.1. The molecule has 0 aliphatic heterocycles. The van der Waals surface area contributed by atoms with E-state index in [0.29, 0.717) is 24.3 Å². The molecule has 4 heteroatoms. The Hall–Kier alpha value is -1.84. The van der Waals surface area contributed by atoms with Crippen LogP contribution in [0.2, 0.25) is 0 Å².